The van der Waals surface area contributed by atoms with Gasteiger partial charge in [-0.1, -0.05) is 11.6 Å². The van der Waals surface area contributed by atoms with Crippen molar-refractivity contribution < 1.29 is 18.0 Å². The van der Waals surface area contributed by atoms with E-state index in [0.29, 0.717) is 12.8 Å². The van der Waals surface area contributed by atoms with Crippen molar-refractivity contribution in [3.63, 3.8) is 0 Å². The molecule has 1 aromatic heterocycles. The van der Waals surface area contributed by atoms with Gasteiger partial charge in [0.15, 0.2) is 6.33 Å². The summed E-state index contributed by atoms with van der Waals surface area (Å²) in [5, 5.41) is 13.7. The fourth-order valence-corrected chi connectivity index (χ4v) is 2.65. The number of carbonyl (C=O) groups excluding carboxylic acids is 1. The number of hydrogen-bond acceptors (Lipinski definition) is 4. The van der Waals surface area contributed by atoms with Gasteiger partial charge in [-0.2, -0.15) is 18.0 Å². The standard InChI is InChI=1S/C13H11ClF3N5O/c14-10-2-1-8(13(15,16)17)5-9(10)12(3-4-12)20-11(23)6-22-19-7-18-21-22/h1-2,5,7H,3-4,6H2,(H,20,23). The molecule has 1 amide bonds. The fraction of sp³-hybridized carbons (Fsp3) is 0.385. The van der Waals surface area contributed by atoms with Crippen molar-refractivity contribution in [2.75, 3.05) is 0 Å². The molecular weight excluding hydrogens is 335 g/mol. The number of amides is 1. The van der Waals surface area contributed by atoms with Crippen molar-refractivity contribution in [3.8, 4) is 0 Å². The van der Waals surface area contributed by atoms with E-state index in [4.69, 9.17) is 11.6 Å². The first kappa shape index (κ1) is 15.7. The Balaban J connectivity index is 1.81. The van der Waals surface area contributed by atoms with Crippen molar-refractivity contribution in [2.24, 2.45) is 0 Å². The smallest absolute Gasteiger partial charge is 0.345 e. The van der Waals surface area contributed by atoms with E-state index in [-0.39, 0.29) is 17.1 Å². The maximum Gasteiger partial charge on any atom is 0.416 e. The number of carbonyl (C=O) groups is 1. The first-order valence-corrected chi connectivity index (χ1v) is 7.07. The summed E-state index contributed by atoms with van der Waals surface area (Å²) >= 11 is 6.04. The van der Waals surface area contributed by atoms with Gasteiger partial charge in [0.2, 0.25) is 5.91 Å². The maximum absolute atomic E-state index is 12.9. The number of alkyl halides is 3. The van der Waals surface area contributed by atoms with Gasteiger partial charge >= 0.3 is 6.18 Å². The molecule has 2 aromatic rings. The summed E-state index contributed by atoms with van der Waals surface area (Å²) in [7, 11) is 0. The Labute approximate surface area is 133 Å². The van der Waals surface area contributed by atoms with Gasteiger partial charge in [-0.15, -0.1) is 10.2 Å². The van der Waals surface area contributed by atoms with Crippen LogP contribution in [0.3, 0.4) is 0 Å². The molecule has 122 valence electrons. The molecule has 0 unspecified atom stereocenters. The lowest BCUT2D eigenvalue weighted by molar-refractivity contribution is -0.137. The predicted octanol–water partition coefficient (Wildman–Crippen LogP) is 2.15. The van der Waals surface area contributed by atoms with Crippen LogP contribution in [0.25, 0.3) is 0 Å². The van der Waals surface area contributed by atoms with E-state index in [1.165, 1.54) is 12.4 Å². The third-order valence-electron chi connectivity index (χ3n) is 3.61. The average Bonchev–Trinajstić information content (AvgIpc) is 3.04. The molecule has 1 fully saturated rings. The number of nitrogens with zero attached hydrogens (tertiary/aromatic N) is 4. The van der Waals surface area contributed by atoms with Crippen LogP contribution in [0.1, 0.15) is 24.0 Å². The molecule has 1 aliphatic rings. The molecule has 0 saturated heterocycles. The average molecular weight is 346 g/mol. The number of nitrogens with one attached hydrogen (secondary N) is 1. The summed E-state index contributed by atoms with van der Waals surface area (Å²) in [6.45, 7) is -0.168. The molecule has 1 N–H and O–H groups in total. The Morgan fingerprint density at radius 2 is 2.13 bits per heavy atom. The van der Waals surface area contributed by atoms with Gasteiger partial charge in [-0.25, -0.2) is 0 Å². The van der Waals surface area contributed by atoms with Crippen molar-refractivity contribution >= 4 is 17.5 Å². The zero-order valence-corrected chi connectivity index (χ0v) is 12.4. The minimum Gasteiger partial charge on any atom is -0.345 e. The van der Waals surface area contributed by atoms with Crippen LogP contribution < -0.4 is 5.32 Å². The summed E-state index contributed by atoms with van der Waals surface area (Å²) in [6.07, 6.45) is -2.25. The summed E-state index contributed by atoms with van der Waals surface area (Å²) in [5.41, 5.74) is -1.39. The highest BCUT2D eigenvalue weighted by molar-refractivity contribution is 6.31. The summed E-state index contributed by atoms with van der Waals surface area (Å²) < 4.78 is 38.6. The number of rotatable bonds is 4. The second kappa shape index (κ2) is 5.48. The Bertz CT molecular complexity index is 728. The third kappa shape index (κ3) is 3.29. The number of aromatic nitrogens is 4. The normalized spacial score (nSPS) is 16.2. The van der Waals surface area contributed by atoms with Gasteiger partial charge in [0.1, 0.15) is 6.54 Å². The highest BCUT2D eigenvalue weighted by atomic mass is 35.5. The second-order valence-corrected chi connectivity index (χ2v) is 5.70. The molecule has 1 saturated carbocycles. The Morgan fingerprint density at radius 1 is 1.39 bits per heavy atom. The summed E-state index contributed by atoms with van der Waals surface area (Å²) in [6, 6.07) is 3.11. The molecule has 0 atom stereocenters. The van der Waals surface area contributed by atoms with Gasteiger partial charge in [0.25, 0.3) is 0 Å². The zero-order chi connectivity index (χ0) is 16.7. The fourth-order valence-electron chi connectivity index (χ4n) is 2.35. The van der Waals surface area contributed by atoms with Crippen LogP contribution in [0, 0.1) is 0 Å². The van der Waals surface area contributed by atoms with Crippen LogP contribution in [-0.4, -0.2) is 26.1 Å². The molecule has 0 bridgehead atoms. The van der Waals surface area contributed by atoms with Gasteiger partial charge in [-0.3, -0.25) is 4.79 Å². The van der Waals surface area contributed by atoms with E-state index in [0.717, 1.165) is 16.9 Å². The van der Waals surface area contributed by atoms with Crippen molar-refractivity contribution in [3.05, 3.63) is 40.7 Å². The van der Waals surface area contributed by atoms with Gasteiger partial charge in [0.05, 0.1) is 11.1 Å². The van der Waals surface area contributed by atoms with Crippen molar-refractivity contribution in [1.82, 2.24) is 25.5 Å². The zero-order valence-electron chi connectivity index (χ0n) is 11.6. The molecule has 0 spiro atoms. The van der Waals surface area contributed by atoms with E-state index >= 15 is 0 Å². The first-order chi connectivity index (χ1) is 10.8. The quantitative estimate of drug-likeness (QED) is 0.921. The molecule has 0 aliphatic heterocycles. The first-order valence-electron chi connectivity index (χ1n) is 6.69. The minimum atomic E-state index is -4.47. The predicted molar refractivity (Wildman–Crippen MR) is 73.3 cm³/mol. The molecule has 10 heteroatoms. The van der Waals surface area contributed by atoms with Crippen LogP contribution in [0.15, 0.2) is 24.5 Å². The lowest BCUT2D eigenvalue weighted by atomic mass is 10.0. The van der Waals surface area contributed by atoms with E-state index < -0.39 is 23.2 Å². The lowest BCUT2D eigenvalue weighted by Gasteiger charge is -2.20. The summed E-state index contributed by atoms with van der Waals surface area (Å²) in [4.78, 5) is 13.1. The second-order valence-electron chi connectivity index (χ2n) is 5.29. The molecule has 3 rings (SSSR count). The number of halogens is 4. The molecule has 1 aromatic carbocycles. The van der Waals surface area contributed by atoms with E-state index in [9.17, 15) is 18.0 Å². The van der Waals surface area contributed by atoms with Gasteiger partial charge in [0, 0.05) is 5.02 Å². The lowest BCUT2D eigenvalue weighted by Crippen LogP contribution is -2.37. The van der Waals surface area contributed by atoms with Gasteiger partial charge in [-0.05, 0) is 41.8 Å². The third-order valence-corrected chi connectivity index (χ3v) is 3.94. The van der Waals surface area contributed by atoms with E-state index in [1.54, 1.807) is 0 Å². The number of benzene rings is 1. The van der Waals surface area contributed by atoms with Crippen LogP contribution in [0.2, 0.25) is 5.02 Å². The molecule has 1 aliphatic carbocycles. The largest absolute Gasteiger partial charge is 0.416 e. The van der Waals surface area contributed by atoms with E-state index in [2.05, 4.69) is 20.7 Å². The Kier molecular flexibility index (Phi) is 3.75. The minimum absolute atomic E-state index is 0.168. The SMILES string of the molecule is O=C(Cn1ncnn1)NC1(c2cc(C(F)(F)F)ccc2Cl)CC1. The Morgan fingerprint density at radius 3 is 2.70 bits per heavy atom. The highest BCUT2D eigenvalue weighted by Gasteiger charge is 2.48. The van der Waals surface area contributed by atoms with Crippen LogP contribution in [-0.2, 0) is 23.1 Å². The summed E-state index contributed by atoms with van der Waals surface area (Å²) in [5.74, 6) is -0.422. The molecule has 0 radical (unpaired) electrons. The number of tetrazole rings is 1. The van der Waals surface area contributed by atoms with Crippen LogP contribution in [0.5, 0.6) is 0 Å². The molecule has 23 heavy (non-hydrogen) atoms. The van der Waals surface area contributed by atoms with Crippen LogP contribution in [0.4, 0.5) is 13.2 Å². The monoisotopic (exact) mass is 345 g/mol. The maximum atomic E-state index is 12.9. The van der Waals surface area contributed by atoms with Crippen molar-refractivity contribution in [2.45, 2.75) is 31.1 Å². The molecule has 1 heterocycles. The molecule has 6 nitrogen and oxygen atoms in total. The Hall–Kier alpha value is -2.16. The molecular formula is C13H11ClF3N5O. The van der Waals surface area contributed by atoms with Gasteiger partial charge < -0.3 is 5.32 Å². The van der Waals surface area contributed by atoms with Crippen LogP contribution >= 0.6 is 11.6 Å². The topological polar surface area (TPSA) is 72.7 Å². The van der Waals surface area contributed by atoms with E-state index in [1.807, 2.05) is 0 Å². The van der Waals surface area contributed by atoms with Crippen molar-refractivity contribution in [1.29, 1.82) is 0 Å². The highest BCUT2D eigenvalue weighted by Crippen LogP contribution is 2.49. The number of hydrogen-bond donors (Lipinski definition) is 1.